The van der Waals surface area contributed by atoms with Crippen LogP contribution in [0.5, 0.6) is 0 Å². The highest BCUT2D eigenvalue weighted by Gasteiger charge is 2.31. The molecule has 4 rings (SSSR count). The smallest absolute Gasteiger partial charge is 0.276 e. The third kappa shape index (κ3) is 4.25. The zero-order valence-electron chi connectivity index (χ0n) is 16.3. The number of nitrogens with zero attached hydrogens (tertiary/aromatic N) is 3. The number of aryl methyl sites for hydroxylation is 2. The minimum absolute atomic E-state index is 0.0472. The van der Waals surface area contributed by atoms with Gasteiger partial charge in [-0.2, -0.15) is 5.10 Å². The summed E-state index contributed by atoms with van der Waals surface area (Å²) in [4.78, 5) is 17.2. The fourth-order valence-electron chi connectivity index (χ4n) is 3.43. The molecule has 1 aliphatic heterocycles. The number of anilines is 1. The molecule has 0 aliphatic carbocycles. The van der Waals surface area contributed by atoms with Gasteiger partial charge in [0, 0.05) is 17.0 Å². The molecular formula is C20H22N4O3S2. The Kier molecular flexibility index (Phi) is 5.26. The van der Waals surface area contributed by atoms with Gasteiger partial charge in [0.05, 0.1) is 23.2 Å². The molecule has 1 atom stereocenters. The van der Waals surface area contributed by atoms with E-state index in [1.54, 1.807) is 16.1 Å². The number of sulfone groups is 1. The van der Waals surface area contributed by atoms with Crippen molar-refractivity contribution in [1.82, 2.24) is 14.8 Å². The van der Waals surface area contributed by atoms with E-state index in [0.717, 1.165) is 22.7 Å². The Bertz CT molecular complexity index is 1150. The van der Waals surface area contributed by atoms with Gasteiger partial charge >= 0.3 is 0 Å². The summed E-state index contributed by atoms with van der Waals surface area (Å²) in [5, 5.41) is 9.75. The van der Waals surface area contributed by atoms with Crippen LogP contribution in [0.2, 0.25) is 0 Å². The number of carbonyl (C=O) groups is 1. The first-order valence-corrected chi connectivity index (χ1v) is 12.2. The van der Waals surface area contributed by atoms with Crippen molar-refractivity contribution in [1.29, 1.82) is 0 Å². The second-order valence-corrected chi connectivity index (χ2v) is 10.3. The maximum absolute atomic E-state index is 12.7. The normalized spacial score (nSPS) is 18.1. The SMILES string of the molecule is CCc1ccc(-c2nc(C(=O)Nc3cc(C)nn3[C@H]3CCS(=O)(=O)C3)cs2)cc1. The van der Waals surface area contributed by atoms with E-state index in [9.17, 15) is 13.2 Å². The lowest BCUT2D eigenvalue weighted by molar-refractivity contribution is 0.102. The Morgan fingerprint density at radius 2 is 2.07 bits per heavy atom. The van der Waals surface area contributed by atoms with Crippen molar-refractivity contribution in [2.45, 2.75) is 32.7 Å². The first kappa shape index (κ1) is 19.8. The number of thiazole rings is 1. The summed E-state index contributed by atoms with van der Waals surface area (Å²) in [6, 6.07) is 9.64. The number of hydrogen-bond acceptors (Lipinski definition) is 6. The Hall–Kier alpha value is -2.52. The zero-order chi connectivity index (χ0) is 20.6. The second-order valence-electron chi connectivity index (χ2n) is 7.21. The van der Waals surface area contributed by atoms with Crippen molar-refractivity contribution in [3.8, 4) is 10.6 Å². The molecular weight excluding hydrogens is 408 g/mol. The van der Waals surface area contributed by atoms with E-state index in [4.69, 9.17) is 0 Å². The highest BCUT2D eigenvalue weighted by atomic mass is 32.2. The Morgan fingerprint density at radius 1 is 1.31 bits per heavy atom. The van der Waals surface area contributed by atoms with Crippen molar-refractivity contribution in [2.24, 2.45) is 0 Å². The second kappa shape index (κ2) is 7.72. The van der Waals surface area contributed by atoms with Gasteiger partial charge in [0.25, 0.3) is 5.91 Å². The molecule has 0 bridgehead atoms. The number of nitrogens with one attached hydrogen (secondary N) is 1. The lowest BCUT2D eigenvalue weighted by atomic mass is 10.1. The van der Waals surface area contributed by atoms with Crippen LogP contribution in [0.4, 0.5) is 5.82 Å². The average molecular weight is 431 g/mol. The topological polar surface area (TPSA) is 93.9 Å². The van der Waals surface area contributed by atoms with Crippen LogP contribution in [0.15, 0.2) is 35.7 Å². The molecule has 0 spiro atoms. The van der Waals surface area contributed by atoms with E-state index in [-0.39, 0.29) is 23.5 Å². The van der Waals surface area contributed by atoms with Crippen LogP contribution in [0.1, 0.15) is 41.1 Å². The van der Waals surface area contributed by atoms with Gasteiger partial charge in [-0.05, 0) is 25.3 Å². The average Bonchev–Trinajstić information content (AvgIpc) is 3.40. The number of aromatic nitrogens is 3. The Labute approximate surface area is 173 Å². The molecule has 29 heavy (non-hydrogen) atoms. The zero-order valence-corrected chi connectivity index (χ0v) is 17.9. The summed E-state index contributed by atoms with van der Waals surface area (Å²) in [5.74, 6) is 0.359. The summed E-state index contributed by atoms with van der Waals surface area (Å²) in [6.07, 6.45) is 1.47. The molecule has 0 saturated carbocycles. The summed E-state index contributed by atoms with van der Waals surface area (Å²) in [5.41, 5.74) is 3.28. The fourth-order valence-corrected chi connectivity index (χ4v) is 5.93. The third-order valence-electron chi connectivity index (χ3n) is 5.00. The fraction of sp³-hybridized carbons (Fsp3) is 0.350. The molecule has 7 nitrogen and oxygen atoms in total. The van der Waals surface area contributed by atoms with Gasteiger partial charge in [0.15, 0.2) is 9.84 Å². The van der Waals surface area contributed by atoms with Gasteiger partial charge in [-0.25, -0.2) is 18.1 Å². The molecule has 3 heterocycles. The van der Waals surface area contributed by atoms with E-state index >= 15 is 0 Å². The van der Waals surface area contributed by atoms with Gasteiger partial charge in [0.2, 0.25) is 0 Å². The molecule has 3 aromatic rings. The van der Waals surface area contributed by atoms with Crippen LogP contribution in [-0.4, -0.2) is 40.6 Å². The van der Waals surface area contributed by atoms with Gasteiger partial charge in [0.1, 0.15) is 16.5 Å². The highest BCUT2D eigenvalue weighted by Crippen LogP contribution is 2.28. The molecule has 1 N–H and O–H groups in total. The summed E-state index contributed by atoms with van der Waals surface area (Å²) in [6.45, 7) is 3.92. The van der Waals surface area contributed by atoms with Crippen LogP contribution >= 0.6 is 11.3 Å². The van der Waals surface area contributed by atoms with Gasteiger partial charge in [-0.15, -0.1) is 11.3 Å². The van der Waals surface area contributed by atoms with Crippen molar-refractivity contribution >= 4 is 32.9 Å². The summed E-state index contributed by atoms with van der Waals surface area (Å²) >= 11 is 1.42. The maximum Gasteiger partial charge on any atom is 0.276 e. The molecule has 1 saturated heterocycles. The number of hydrogen-bond donors (Lipinski definition) is 1. The lowest BCUT2D eigenvalue weighted by Crippen LogP contribution is -2.19. The largest absolute Gasteiger partial charge is 0.305 e. The molecule has 1 fully saturated rings. The van der Waals surface area contributed by atoms with E-state index in [1.165, 1.54) is 16.9 Å². The number of amides is 1. The monoisotopic (exact) mass is 430 g/mol. The van der Waals surface area contributed by atoms with Crippen LogP contribution in [0, 0.1) is 6.92 Å². The number of benzene rings is 1. The van der Waals surface area contributed by atoms with E-state index < -0.39 is 9.84 Å². The van der Waals surface area contributed by atoms with Crippen LogP contribution in [-0.2, 0) is 16.3 Å². The van der Waals surface area contributed by atoms with Crippen LogP contribution in [0.25, 0.3) is 10.6 Å². The van der Waals surface area contributed by atoms with Gasteiger partial charge < -0.3 is 5.32 Å². The van der Waals surface area contributed by atoms with Crippen LogP contribution < -0.4 is 5.32 Å². The minimum atomic E-state index is -3.05. The maximum atomic E-state index is 12.7. The third-order valence-corrected chi connectivity index (χ3v) is 7.64. The van der Waals surface area contributed by atoms with E-state index in [0.29, 0.717) is 17.9 Å². The van der Waals surface area contributed by atoms with Crippen molar-refractivity contribution in [3.63, 3.8) is 0 Å². The number of carbonyl (C=O) groups excluding carboxylic acids is 1. The molecule has 0 radical (unpaired) electrons. The molecule has 9 heteroatoms. The van der Waals surface area contributed by atoms with E-state index in [1.807, 2.05) is 19.1 Å². The molecule has 152 valence electrons. The lowest BCUT2D eigenvalue weighted by Gasteiger charge is -2.13. The van der Waals surface area contributed by atoms with Crippen molar-refractivity contribution < 1.29 is 13.2 Å². The summed E-state index contributed by atoms with van der Waals surface area (Å²) < 4.78 is 25.3. The molecule has 1 aliphatic rings. The standard InChI is InChI=1S/C20H22N4O3S2/c1-3-14-4-6-15(7-5-14)20-21-17(11-28-20)19(25)22-18-10-13(2)23-24(18)16-8-9-29(26,27)12-16/h4-7,10-11,16H,3,8-9,12H2,1-2H3,(H,22,25)/t16-/m0/s1. The predicted octanol–water partition coefficient (Wildman–Crippen LogP) is 3.49. The van der Waals surface area contributed by atoms with Crippen LogP contribution in [0.3, 0.4) is 0 Å². The Balaban J connectivity index is 1.52. The first-order chi connectivity index (χ1) is 13.8. The van der Waals surface area contributed by atoms with Crippen molar-refractivity contribution in [3.05, 3.63) is 52.7 Å². The van der Waals surface area contributed by atoms with Gasteiger partial charge in [-0.3, -0.25) is 4.79 Å². The molecule has 0 unspecified atom stereocenters. The van der Waals surface area contributed by atoms with E-state index in [2.05, 4.69) is 34.5 Å². The minimum Gasteiger partial charge on any atom is -0.305 e. The molecule has 1 amide bonds. The van der Waals surface area contributed by atoms with Crippen molar-refractivity contribution in [2.75, 3.05) is 16.8 Å². The predicted molar refractivity (Wildman–Crippen MR) is 114 cm³/mol. The quantitative estimate of drug-likeness (QED) is 0.669. The summed E-state index contributed by atoms with van der Waals surface area (Å²) in [7, 11) is -3.05. The first-order valence-electron chi connectivity index (χ1n) is 9.47. The number of rotatable bonds is 5. The van der Waals surface area contributed by atoms with Gasteiger partial charge in [-0.1, -0.05) is 31.2 Å². The molecule has 1 aromatic carbocycles. The Morgan fingerprint density at radius 3 is 2.72 bits per heavy atom. The molecule has 2 aromatic heterocycles. The highest BCUT2D eigenvalue weighted by molar-refractivity contribution is 7.91.